The fourth-order valence-corrected chi connectivity index (χ4v) is 7.74. The molecule has 0 aliphatic rings. The summed E-state index contributed by atoms with van der Waals surface area (Å²) in [6, 6.07) is 0. The Morgan fingerprint density at radius 1 is 0.300 bits per heavy atom. The second kappa shape index (κ2) is 57.6. The van der Waals surface area contributed by atoms with E-state index in [2.05, 4.69) is 124 Å². The van der Waals surface area contributed by atoms with Gasteiger partial charge in [0.05, 0.1) is 0 Å². The molecule has 6 nitrogen and oxygen atoms in total. The molecule has 0 aromatic heterocycles. The molecule has 398 valence electrons. The fraction of sp³-hybridized carbons (Fsp3) is 0.672. The van der Waals surface area contributed by atoms with E-state index in [0.29, 0.717) is 19.3 Å². The van der Waals surface area contributed by atoms with Gasteiger partial charge in [0.25, 0.3) is 0 Å². The fourth-order valence-electron chi connectivity index (χ4n) is 7.74. The van der Waals surface area contributed by atoms with Gasteiger partial charge in [0.1, 0.15) is 13.2 Å². The molecule has 0 saturated heterocycles. The number of esters is 3. The average molecular weight is 972 g/mol. The summed E-state index contributed by atoms with van der Waals surface area (Å²) in [6.45, 7) is 6.34. The second-order valence-corrected chi connectivity index (χ2v) is 18.8. The van der Waals surface area contributed by atoms with Crippen molar-refractivity contribution >= 4 is 17.9 Å². The molecule has 1 atom stereocenters. The maximum atomic E-state index is 12.8. The van der Waals surface area contributed by atoms with Crippen molar-refractivity contribution in [1.29, 1.82) is 0 Å². The summed E-state index contributed by atoms with van der Waals surface area (Å²) in [5, 5.41) is 0. The van der Waals surface area contributed by atoms with Crippen molar-refractivity contribution in [3.63, 3.8) is 0 Å². The molecule has 6 heteroatoms. The van der Waals surface area contributed by atoms with Crippen molar-refractivity contribution < 1.29 is 28.6 Å². The van der Waals surface area contributed by atoms with E-state index in [1.54, 1.807) is 0 Å². The van der Waals surface area contributed by atoms with Gasteiger partial charge in [-0.2, -0.15) is 0 Å². The molecule has 0 N–H and O–H groups in total. The third-order valence-electron chi connectivity index (χ3n) is 12.0. The van der Waals surface area contributed by atoms with Gasteiger partial charge in [-0.1, -0.05) is 239 Å². The molecular weight excluding hydrogens is 865 g/mol. The lowest BCUT2D eigenvalue weighted by Gasteiger charge is -2.18. The summed E-state index contributed by atoms with van der Waals surface area (Å²) in [5.74, 6) is -1.00. The Morgan fingerprint density at radius 2 is 0.586 bits per heavy atom. The number of hydrogen-bond acceptors (Lipinski definition) is 6. The summed E-state index contributed by atoms with van der Waals surface area (Å²) >= 11 is 0. The minimum absolute atomic E-state index is 0.107. The van der Waals surface area contributed by atoms with E-state index in [1.807, 2.05) is 6.08 Å². The highest BCUT2D eigenvalue weighted by Gasteiger charge is 2.19. The molecule has 0 fully saturated rings. The van der Waals surface area contributed by atoms with Gasteiger partial charge < -0.3 is 14.2 Å². The van der Waals surface area contributed by atoms with Crippen LogP contribution >= 0.6 is 0 Å². The van der Waals surface area contributed by atoms with E-state index in [9.17, 15) is 14.4 Å². The van der Waals surface area contributed by atoms with Crippen LogP contribution in [0.2, 0.25) is 0 Å². The SMILES string of the molecule is CC/C=C\C/C=C\C/C=C\C/C=C\CCCCCCCCCCCCC(=O)OCC(COC(=O)CC/C=C\C/C=C\C/C=C\C/C=C\CC)OC(=O)CCCCCCC/C=C\CCCCCCCCC. The molecule has 70 heavy (non-hydrogen) atoms. The van der Waals surface area contributed by atoms with E-state index in [0.717, 1.165) is 103 Å². The molecule has 0 aromatic rings. The second-order valence-electron chi connectivity index (χ2n) is 18.8. The molecule has 0 rings (SSSR count). The van der Waals surface area contributed by atoms with E-state index in [-0.39, 0.29) is 37.5 Å². The number of unbranched alkanes of at least 4 members (excludes halogenated alkanes) is 22. The lowest BCUT2D eigenvalue weighted by Crippen LogP contribution is -2.30. The van der Waals surface area contributed by atoms with Crippen LogP contribution in [0.4, 0.5) is 0 Å². The van der Waals surface area contributed by atoms with Gasteiger partial charge in [-0.25, -0.2) is 0 Å². The predicted molar refractivity (Wildman–Crippen MR) is 302 cm³/mol. The number of carbonyl (C=O) groups excluding carboxylic acids is 3. The van der Waals surface area contributed by atoms with Gasteiger partial charge in [-0.15, -0.1) is 0 Å². The summed E-state index contributed by atoms with van der Waals surface area (Å²) < 4.78 is 16.8. The molecule has 0 aliphatic heterocycles. The average Bonchev–Trinajstić information content (AvgIpc) is 3.36. The largest absolute Gasteiger partial charge is 0.462 e. The van der Waals surface area contributed by atoms with Gasteiger partial charge in [-0.3, -0.25) is 14.4 Å². The molecule has 0 saturated carbocycles. The van der Waals surface area contributed by atoms with Crippen molar-refractivity contribution in [2.75, 3.05) is 13.2 Å². The minimum atomic E-state index is -0.814. The number of allylic oxidation sites excluding steroid dienone is 18. The molecule has 0 heterocycles. The van der Waals surface area contributed by atoms with Crippen molar-refractivity contribution in [3.05, 3.63) is 109 Å². The maximum Gasteiger partial charge on any atom is 0.306 e. The quantitative estimate of drug-likeness (QED) is 0.0262. The molecule has 0 radical (unpaired) electrons. The Morgan fingerprint density at radius 3 is 0.971 bits per heavy atom. The van der Waals surface area contributed by atoms with Crippen LogP contribution in [0, 0.1) is 0 Å². The summed E-state index contributed by atoms with van der Waals surface area (Å²) in [4.78, 5) is 38.1. The predicted octanol–water partition coefficient (Wildman–Crippen LogP) is 19.5. The Hall–Kier alpha value is -3.93. The molecule has 1 unspecified atom stereocenters. The van der Waals surface area contributed by atoms with Crippen LogP contribution in [0.5, 0.6) is 0 Å². The third kappa shape index (κ3) is 55.0. The summed E-state index contributed by atoms with van der Waals surface area (Å²) in [5.41, 5.74) is 0. The molecule has 0 bridgehead atoms. The molecule has 0 aromatic carbocycles. The van der Waals surface area contributed by atoms with Crippen LogP contribution in [0.15, 0.2) is 109 Å². The zero-order chi connectivity index (χ0) is 50.7. The zero-order valence-corrected chi connectivity index (χ0v) is 45.5. The topological polar surface area (TPSA) is 78.9 Å². The normalized spacial score (nSPS) is 12.9. The first-order chi connectivity index (χ1) is 34.5. The van der Waals surface area contributed by atoms with E-state index in [4.69, 9.17) is 14.2 Å². The van der Waals surface area contributed by atoms with Crippen LogP contribution in [0.3, 0.4) is 0 Å². The van der Waals surface area contributed by atoms with Crippen LogP contribution in [0.25, 0.3) is 0 Å². The van der Waals surface area contributed by atoms with Crippen LogP contribution in [-0.4, -0.2) is 37.2 Å². The Bertz CT molecular complexity index is 1440. The monoisotopic (exact) mass is 971 g/mol. The lowest BCUT2D eigenvalue weighted by molar-refractivity contribution is -0.166. The highest BCUT2D eigenvalue weighted by Crippen LogP contribution is 2.15. The minimum Gasteiger partial charge on any atom is -0.462 e. The first-order valence-corrected chi connectivity index (χ1v) is 28.9. The van der Waals surface area contributed by atoms with Crippen molar-refractivity contribution in [2.45, 2.75) is 264 Å². The van der Waals surface area contributed by atoms with E-state index < -0.39 is 6.10 Å². The van der Waals surface area contributed by atoms with Crippen LogP contribution < -0.4 is 0 Å². The van der Waals surface area contributed by atoms with Crippen molar-refractivity contribution in [2.24, 2.45) is 0 Å². The Balaban J connectivity index is 4.41. The lowest BCUT2D eigenvalue weighted by atomic mass is 10.1. The molecule has 0 spiro atoms. The first-order valence-electron chi connectivity index (χ1n) is 28.9. The van der Waals surface area contributed by atoms with Gasteiger partial charge in [-0.05, 0) is 109 Å². The Kier molecular flexibility index (Phi) is 54.4. The van der Waals surface area contributed by atoms with Gasteiger partial charge >= 0.3 is 17.9 Å². The number of ether oxygens (including phenoxy) is 3. The van der Waals surface area contributed by atoms with E-state index in [1.165, 1.54) is 109 Å². The number of hydrogen-bond donors (Lipinski definition) is 0. The zero-order valence-electron chi connectivity index (χ0n) is 45.5. The van der Waals surface area contributed by atoms with Crippen molar-refractivity contribution in [3.8, 4) is 0 Å². The van der Waals surface area contributed by atoms with Gasteiger partial charge in [0.2, 0.25) is 0 Å². The van der Waals surface area contributed by atoms with Gasteiger partial charge in [0, 0.05) is 19.3 Å². The van der Waals surface area contributed by atoms with Crippen LogP contribution in [0.1, 0.15) is 258 Å². The molecule has 0 aliphatic carbocycles. The first kappa shape index (κ1) is 66.1. The van der Waals surface area contributed by atoms with E-state index >= 15 is 0 Å². The molecule has 0 amide bonds. The summed E-state index contributed by atoms with van der Waals surface area (Å²) in [6.07, 6.45) is 78.1. The standard InChI is InChI=1S/C64H106O6/c1-4-7-10-13-16-19-22-25-27-29-30-31-32-33-34-35-37-39-42-45-48-51-54-57-63(66)69-60-61(59-68-62(65)56-53-50-47-44-41-38-24-21-18-15-12-9-6-3)70-64(67)58-55-52-49-46-43-40-36-28-26-23-20-17-14-11-8-5-2/h7,9-10,12,16,18-19,21,25,27-28,30-31,36,38,41,47,50,61H,4-6,8,11,13-15,17,20,22-24,26,29,32-35,37,39-40,42-46,48-49,51-60H2,1-3H3/b10-7-,12-9-,19-16-,21-18-,27-25-,31-30-,36-28-,41-38-,50-47-. The number of rotatable bonds is 51. The maximum absolute atomic E-state index is 12.8. The third-order valence-corrected chi connectivity index (χ3v) is 12.0. The smallest absolute Gasteiger partial charge is 0.306 e. The Labute approximate surface area is 431 Å². The highest BCUT2D eigenvalue weighted by atomic mass is 16.6. The summed E-state index contributed by atoms with van der Waals surface area (Å²) in [7, 11) is 0. The van der Waals surface area contributed by atoms with Crippen molar-refractivity contribution in [1.82, 2.24) is 0 Å². The number of carbonyl (C=O) groups is 3. The molecular formula is C64H106O6. The van der Waals surface area contributed by atoms with Crippen LogP contribution in [-0.2, 0) is 28.6 Å². The highest BCUT2D eigenvalue weighted by molar-refractivity contribution is 5.71. The van der Waals surface area contributed by atoms with Gasteiger partial charge in [0.15, 0.2) is 6.10 Å².